The maximum Gasteiger partial charge on any atom is 0.319 e. The maximum absolute atomic E-state index is 12.2. The summed E-state index contributed by atoms with van der Waals surface area (Å²) in [6, 6.07) is 8.19. The van der Waals surface area contributed by atoms with E-state index in [9.17, 15) is 9.59 Å². The van der Waals surface area contributed by atoms with Gasteiger partial charge in [-0.3, -0.25) is 0 Å². The number of piperazine rings is 1. The summed E-state index contributed by atoms with van der Waals surface area (Å²) in [7, 11) is 0. The van der Waals surface area contributed by atoms with Crippen LogP contribution in [0.3, 0.4) is 0 Å². The normalized spacial score (nSPS) is 17.7. The van der Waals surface area contributed by atoms with Gasteiger partial charge < -0.3 is 25.8 Å². The molecule has 4 amide bonds. The van der Waals surface area contributed by atoms with Crippen molar-refractivity contribution in [3.8, 4) is 0 Å². The summed E-state index contributed by atoms with van der Waals surface area (Å²) in [5, 5.41) is 9.00. The van der Waals surface area contributed by atoms with Crippen molar-refractivity contribution in [2.75, 3.05) is 42.9 Å². The molecule has 0 unspecified atom stereocenters. The van der Waals surface area contributed by atoms with Crippen molar-refractivity contribution in [3.05, 3.63) is 24.3 Å². The van der Waals surface area contributed by atoms with Gasteiger partial charge in [-0.1, -0.05) is 32.6 Å². The second kappa shape index (κ2) is 10.9. The molecule has 0 aromatic heterocycles. The summed E-state index contributed by atoms with van der Waals surface area (Å²) in [6.45, 7) is 5.95. The fraction of sp³-hybridized carbons (Fsp3) is 0.636. The van der Waals surface area contributed by atoms with Crippen LogP contribution in [0.15, 0.2) is 24.3 Å². The number of carbonyl (C=O) groups excluding carboxylic acids is 2. The molecule has 3 rings (SSSR count). The van der Waals surface area contributed by atoms with E-state index in [1.807, 2.05) is 29.2 Å². The van der Waals surface area contributed by atoms with Crippen LogP contribution in [0.5, 0.6) is 0 Å². The molecule has 7 nitrogen and oxygen atoms in total. The van der Waals surface area contributed by atoms with Crippen molar-refractivity contribution in [3.63, 3.8) is 0 Å². The van der Waals surface area contributed by atoms with Crippen molar-refractivity contribution >= 4 is 23.4 Å². The first-order valence-corrected chi connectivity index (χ1v) is 11.1. The van der Waals surface area contributed by atoms with Crippen LogP contribution in [0.2, 0.25) is 0 Å². The Hall–Kier alpha value is -2.44. The highest BCUT2D eigenvalue weighted by Crippen LogP contribution is 2.20. The molecule has 2 fully saturated rings. The smallest absolute Gasteiger partial charge is 0.319 e. The first kappa shape index (κ1) is 21.3. The van der Waals surface area contributed by atoms with E-state index in [0.717, 1.165) is 69.8 Å². The van der Waals surface area contributed by atoms with E-state index in [4.69, 9.17) is 0 Å². The summed E-state index contributed by atoms with van der Waals surface area (Å²) < 4.78 is 0. The topological polar surface area (TPSA) is 76.7 Å². The largest absolute Gasteiger partial charge is 0.368 e. The summed E-state index contributed by atoms with van der Waals surface area (Å²) in [5.41, 5.74) is 1.92. The van der Waals surface area contributed by atoms with Crippen LogP contribution in [-0.2, 0) is 0 Å². The molecule has 2 aliphatic rings. The second-order valence-electron chi connectivity index (χ2n) is 8.04. The Morgan fingerprint density at radius 1 is 1.00 bits per heavy atom. The van der Waals surface area contributed by atoms with E-state index >= 15 is 0 Å². The molecule has 1 saturated carbocycles. The molecular weight excluding hydrogens is 366 g/mol. The van der Waals surface area contributed by atoms with Crippen molar-refractivity contribution in [1.82, 2.24) is 15.5 Å². The van der Waals surface area contributed by atoms with Gasteiger partial charge in [0.25, 0.3) is 0 Å². The van der Waals surface area contributed by atoms with Crippen LogP contribution in [0.25, 0.3) is 0 Å². The molecule has 160 valence electrons. The number of carbonyl (C=O) groups is 2. The van der Waals surface area contributed by atoms with Crippen LogP contribution in [0, 0.1) is 0 Å². The molecule has 29 heavy (non-hydrogen) atoms. The van der Waals surface area contributed by atoms with E-state index in [0.29, 0.717) is 6.04 Å². The average Bonchev–Trinajstić information content (AvgIpc) is 2.75. The fourth-order valence-electron chi connectivity index (χ4n) is 4.01. The Morgan fingerprint density at radius 3 is 2.34 bits per heavy atom. The minimum atomic E-state index is -0.118. The molecule has 0 bridgehead atoms. The predicted molar refractivity (Wildman–Crippen MR) is 118 cm³/mol. The van der Waals surface area contributed by atoms with Gasteiger partial charge in [-0.25, -0.2) is 9.59 Å². The lowest BCUT2D eigenvalue weighted by Crippen LogP contribution is -2.52. The highest BCUT2D eigenvalue weighted by molar-refractivity contribution is 5.89. The molecule has 1 aliphatic heterocycles. The number of benzene rings is 1. The van der Waals surface area contributed by atoms with Gasteiger partial charge in [0.15, 0.2) is 0 Å². The number of unbranched alkanes of at least 4 members (excludes halogenated alkanes) is 1. The first-order valence-electron chi connectivity index (χ1n) is 11.1. The zero-order chi connectivity index (χ0) is 20.5. The summed E-state index contributed by atoms with van der Waals surface area (Å²) in [6.07, 6.45) is 7.94. The van der Waals surface area contributed by atoms with Crippen LogP contribution in [0.4, 0.5) is 21.0 Å². The minimum absolute atomic E-state index is 0.0432. The zero-order valence-electron chi connectivity index (χ0n) is 17.6. The van der Waals surface area contributed by atoms with Crippen LogP contribution >= 0.6 is 0 Å². The summed E-state index contributed by atoms with van der Waals surface area (Å²) >= 11 is 0. The molecule has 0 radical (unpaired) electrons. The summed E-state index contributed by atoms with van der Waals surface area (Å²) in [5.74, 6) is 0. The van der Waals surface area contributed by atoms with Crippen LogP contribution < -0.4 is 20.9 Å². The summed E-state index contributed by atoms with van der Waals surface area (Å²) in [4.78, 5) is 28.5. The van der Waals surface area contributed by atoms with Gasteiger partial charge in [0.05, 0.1) is 0 Å². The van der Waals surface area contributed by atoms with Crippen molar-refractivity contribution < 1.29 is 9.59 Å². The number of nitrogens with one attached hydrogen (secondary N) is 3. The Balaban J connectivity index is 1.42. The quantitative estimate of drug-likeness (QED) is 0.635. The molecule has 1 aliphatic carbocycles. The Kier molecular flexibility index (Phi) is 8.02. The lowest BCUT2D eigenvalue weighted by Gasteiger charge is -2.36. The fourth-order valence-corrected chi connectivity index (χ4v) is 4.01. The number of anilines is 2. The Bertz CT molecular complexity index is 650. The van der Waals surface area contributed by atoms with E-state index in [1.54, 1.807) is 0 Å². The molecule has 0 spiro atoms. The molecular formula is C22H35N5O2. The highest BCUT2D eigenvalue weighted by atomic mass is 16.2. The Labute approximate surface area is 174 Å². The zero-order valence-corrected chi connectivity index (χ0v) is 17.6. The van der Waals surface area contributed by atoms with Gasteiger partial charge in [-0.2, -0.15) is 0 Å². The number of hydrogen-bond acceptors (Lipinski definition) is 3. The van der Waals surface area contributed by atoms with Crippen molar-refractivity contribution in [1.29, 1.82) is 0 Å². The minimum Gasteiger partial charge on any atom is -0.368 e. The molecule has 1 heterocycles. The Morgan fingerprint density at radius 2 is 1.69 bits per heavy atom. The highest BCUT2D eigenvalue weighted by Gasteiger charge is 2.21. The molecule has 1 saturated heterocycles. The lowest BCUT2D eigenvalue weighted by atomic mass is 9.96. The average molecular weight is 402 g/mol. The third kappa shape index (κ3) is 6.54. The van der Waals surface area contributed by atoms with Gasteiger partial charge in [0.2, 0.25) is 0 Å². The molecule has 0 atom stereocenters. The van der Waals surface area contributed by atoms with Crippen molar-refractivity contribution in [2.24, 2.45) is 0 Å². The van der Waals surface area contributed by atoms with Gasteiger partial charge >= 0.3 is 12.1 Å². The predicted octanol–water partition coefficient (Wildman–Crippen LogP) is 3.77. The first-order chi connectivity index (χ1) is 14.2. The monoisotopic (exact) mass is 401 g/mol. The van der Waals surface area contributed by atoms with Gasteiger partial charge in [0, 0.05) is 50.1 Å². The third-order valence-electron chi connectivity index (χ3n) is 5.80. The van der Waals surface area contributed by atoms with E-state index < -0.39 is 0 Å². The molecule has 3 N–H and O–H groups in total. The third-order valence-corrected chi connectivity index (χ3v) is 5.80. The number of rotatable bonds is 6. The molecule has 7 heteroatoms. The van der Waals surface area contributed by atoms with E-state index in [-0.39, 0.29) is 12.1 Å². The number of amides is 4. The standard InChI is InChI=1S/C22H35N5O2/c1-2-3-13-23-22(29)27-16-14-26(15-17-27)20-11-9-19(10-12-20)25-21(28)24-18-7-5-4-6-8-18/h9-12,18H,2-8,13-17H2,1H3,(H,23,29)(H2,24,25,28). The maximum atomic E-state index is 12.2. The van der Waals surface area contributed by atoms with Crippen LogP contribution in [0.1, 0.15) is 51.9 Å². The SMILES string of the molecule is CCCCNC(=O)N1CCN(c2ccc(NC(=O)NC3CCCCC3)cc2)CC1. The van der Waals surface area contributed by atoms with Crippen molar-refractivity contribution in [2.45, 2.75) is 57.9 Å². The number of nitrogens with zero attached hydrogens (tertiary/aromatic N) is 2. The molecule has 1 aromatic rings. The molecule has 1 aromatic carbocycles. The number of hydrogen-bond donors (Lipinski definition) is 3. The number of urea groups is 2. The second-order valence-corrected chi connectivity index (χ2v) is 8.04. The van der Waals surface area contributed by atoms with E-state index in [2.05, 4.69) is 27.8 Å². The van der Waals surface area contributed by atoms with Gasteiger partial charge in [0.1, 0.15) is 0 Å². The van der Waals surface area contributed by atoms with Gasteiger partial charge in [-0.05, 0) is 43.5 Å². The van der Waals surface area contributed by atoms with Gasteiger partial charge in [-0.15, -0.1) is 0 Å². The van der Waals surface area contributed by atoms with E-state index in [1.165, 1.54) is 19.3 Å². The van der Waals surface area contributed by atoms with Crippen LogP contribution in [-0.4, -0.2) is 55.7 Å². The lowest BCUT2D eigenvalue weighted by molar-refractivity contribution is 0.194.